The van der Waals surface area contributed by atoms with E-state index in [9.17, 15) is 9.59 Å². The Labute approximate surface area is 181 Å². The van der Waals surface area contributed by atoms with Gasteiger partial charge in [0.2, 0.25) is 0 Å². The second kappa shape index (κ2) is 9.75. The molecule has 0 bridgehead atoms. The Morgan fingerprint density at radius 2 is 1.90 bits per heavy atom. The fraction of sp³-hybridized carbons (Fsp3) is 0.375. The minimum absolute atomic E-state index is 0.134. The van der Waals surface area contributed by atoms with Gasteiger partial charge in [-0.2, -0.15) is 5.10 Å². The fourth-order valence-electron chi connectivity index (χ4n) is 4.07. The molecular formula is C24H27N3O4. The summed E-state index contributed by atoms with van der Waals surface area (Å²) in [5, 5.41) is 18.4. The summed E-state index contributed by atoms with van der Waals surface area (Å²) < 4.78 is 5.31. The second-order valence-electron chi connectivity index (χ2n) is 8.08. The third-order valence-corrected chi connectivity index (χ3v) is 5.79. The van der Waals surface area contributed by atoms with Gasteiger partial charge < -0.3 is 15.2 Å². The van der Waals surface area contributed by atoms with Crippen LogP contribution in [0.5, 0.6) is 0 Å². The molecule has 4 rings (SSSR count). The summed E-state index contributed by atoms with van der Waals surface area (Å²) in [5.74, 6) is -0.798. The molecule has 1 amide bonds. The number of aryl methyl sites for hydroxylation is 1. The summed E-state index contributed by atoms with van der Waals surface area (Å²) in [6.07, 6.45) is 4.44. The molecule has 0 aromatic heterocycles. The Hall–Kier alpha value is -3.19. The van der Waals surface area contributed by atoms with Crippen molar-refractivity contribution in [3.05, 3.63) is 64.7 Å². The van der Waals surface area contributed by atoms with Gasteiger partial charge in [-0.3, -0.25) is 14.6 Å². The number of nitrogens with one attached hydrogen (secondary N) is 1. The van der Waals surface area contributed by atoms with Crippen molar-refractivity contribution in [2.24, 2.45) is 11.0 Å². The van der Waals surface area contributed by atoms with Gasteiger partial charge in [0.15, 0.2) is 0 Å². The summed E-state index contributed by atoms with van der Waals surface area (Å²) >= 11 is 0. The van der Waals surface area contributed by atoms with E-state index in [0.717, 1.165) is 42.7 Å². The van der Waals surface area contributed by atoms with E-state index in [1.807, 2.05) is 53.7 Å². The maximum Gasteiger partial charge on any atom is 0.303 e. The molecule has 2 aromatic rings. The van der Waals surface area contributed by atoms with Crippen LogP contribution in [0.2, 0.25) is 0 Å². The van der Waals surface area contributed by atoms with Gasteiger partial charge in [0.05, 0.1) is 32.5 Å². The second-order valence-corrected chi connectivity index (χ2v) is 8.08. The van der Waals surface area contributed by atoms with Gasteiger partial charge in [-0.15, -0.1) is 0 Å². The van der Waals surface area contributed by atoms with Crippen LogP contribution in [-0.4, -0.2) is 54.5 Å². The molecule has 0 radical (unpaired) electrons. The number of hydrazone groups is 1. The molecule has 2 aromatic carbocycles. The Morgan fingerprint density at radius 1 is 1.13 bits per heavy atom. The van der Waals surface area contributed by atoms with Crippen molar-refractivity contribution in [3.8, 4) is 0 Å². The first-order valence-electron chi connectivity index (χ1n) is 10.7. The highest BCUT2D eigenvalue weighted by atomic mass is 16.5. The zero-order chi connectivity index (χ0) is 21.6. The Balaban J connectivity index is 1.37. The van der Waals surface area contributed by atoms with E-state index in [4.69, 9.17) is 9.84 Å². The molecule has 1 aliphatic heterocycles. The number of carbonyl (C=O) groups excluding carboxylic acids is 1. The van der Waals surface area contributed by atoms with Crippen molar-refractivity contribution in [2.45, 2.75) is 25.7 Å². The smallest absolute Gasteiger partial charge is 0.303 e. The van der Waals surface area contributed by atoms with E-state index in [-0.39, 0.29) is 18.2 Å². The molecule has 2 N–H and O–H groups in total. The highest BCUT2D eigenvalue weighted by Gasteiger charge is 2.22. The molecule has 7 heteroatoms. The third kappa shape index (κ3) is 5.70. The number of carbonyl (C=O) groups is 2. The van der Waals surface area contributed by atoms with Gasteiger partial charge in [0.1, 0.15) is 0 Å². The number of hydrogen-bond donors (Lipinski definition) is 2. The minimum atomic E-state index is -0.763. The Morgan fingerprint density at radius 3 is 2.65 bits per heavy atom. The standard InChI is InChI=1S/C24H27N3O4/c28-23(29)14-18-1-4-19-5-6-20(15-21(19)13-18)24(30)26-22-7-2-17(3-8-22)16-25-27-9-11-31-12-10-27/h2-3,5-8,15-16,18H,1,4,9-14H2,(H,26,30)(H,28,29). The molecule has 1 unspecified atom stereocenters. The molecule has 1 fully saturated rings. The first-order valence-corrected chi connectivity index (χ1v) is 10.7. The van der Waals surface area contributed by atoms with Crippen molar-refractivity contribution >= 4 is 23.8 Å². The fourth-order valence-corrected chi connectivity index (χ4v) is 4.07. The number of amides is 1. The van der Waals surface area contributed by atoms with Crippen LogP contribution in [0.25, 0.3) is 0 Å². The number of rotatable bonds is 6. The van der Waals surface area contributed by atoms with Gasteiger partial charge in [0, 0.05) is 17.7 Å². The summed E-state index contributed by atoms with van der Waals surface area (Å²) in [5.41, 5.74) is 4.56. The van der Waals surface area contributed by atoms with Crippen LogP contribution in [0, 0.1) is 5.92 Å². The van der Waals surface area contributed by atoms with Gasteiger partial charge in [-0.1, -0.05) is 18.2 Å². The van der Waals surface area contributed by atoms with Crippen molar-refractivity contribution in [1.82, 2.24) is 5.01 Å². The molecule has 0 saturated carbocycles. The zero-order valence-electron chi connectivity index (χ0n) is 17.4. The van der Waals surface area contributed by atoms with Crippen LogP contribution in [0.1, 0.15) is 39.9 Å². The Bertz CT molecular complexity index is 965. The summed E-state index contributed by atoms with van der Waals surface area (Å²) in [6.45, 7) is 2.99. The number of carboxylic acid groups (broad SMARTS) is 1. The zero-order valence-corrected chi connectivity index (χ0v) is 17.4. The number of carboxylic acids is 1. The largest absolute Gasteiger partial charge is 0.481 e. The lowest BCUT2D eigenvalue weighted by atomic mass is 9.81. The number of aliphatic carboxylic acids is 1. The highest BCUT2D eigenvalue weighted by Crippen LogP contribution is 2.28. The molecule has 1 aliphatic carbocycles. The monoisotopic (exact) mass is 421 g/mol. The van der Waals surface area contributed by atoms with Crippen LogP contribution in [0.4, 0.5) is 5.69 Å². The van der Waals surface area contributed by atoms with E-state index < -0.39 is 5.97 Å². The molecule has 162 valence electrons. The van der Waals surface area contributed by atoms with Crippen molar-refractivity contribution < 1.29 is 19.4 Å². The quantitative estimate of drug-likeness (QED) is 0.699. The Kier molecular flexibility index (Phi) is 6.62. The maximum absolute atomic E-state index is 12.7. The predicted molar refractivity (Wildman–Crippen MR) is 119 cm³/mol. The lowest BCUT2D eigenvalue weighted by Gasteiger charge is -2.23. The molecule has 7 nitrogen and oxygen atoms in total. The highest BCUT2D eigenvalue weighted by molar-refractivity contribution is 6.04. The van der Waals surface area contributed by atoms with E-state index in [1.165, 1.54) is 5.56 Å². The van der Waals surface area contributed by atoms with Gasteiger partial charge in [0.25, 0.3) is 5.91 Å². The number of ether oxygens (including phenoxy) is 1. The molecule has 2 aliphatic rings. The molecule has 0 spiro atoms. The van der Waals surface area contributed by atoms with Crippen molar-refractivity contribution in [1.29, 1.82) is 0 Å². The molecule has 1 heterocycles. The predicted octanol–water partition coefficient (Wildman–Crippen LogP) is 3.18. The average Bonchev–Trinajstić information content (AvgIpc) is 2.78. The molecular weight excluding hydrogens is 394 g/mol. The van der Waals surface area contributed by atoms with E-state index in [1.54, 1.807) is 0 Å². The average molecular weight is 421 g/mol. The van der Waals surface area contributed by atoms with Gasteiger partial charge in [-0.05, 0) is 66.1 Å². The van der Waals surface area contributed by atoms with Gasteiger partial charge in [-0.25, -0.2) is 0 Å². The van der Waals surface area contributed by atoms with Crippen molar-refractivity contribution in [3.63, 3.8) is 0 Å². The lowest BCUT2D eigenvalue weighted by molar-refractivity contribution is -0.138. The number of anilines is 1. The number of benzene rings is 2. The first-order chi connectivity index (χ1) is 15.1. The SMILES string of the molecule is O=C(O)CC1CCc2ccc(C(=O)Nc3ccc(C=NN4CCOCC4)cc3)cc2C1. The van der Waals surface area contributed by atoms with E-state index in [0.29, 0.717) is 25.2 Å². The summed E-state index contributed by atoms with van der Waals surface area (Å²) in [4.78, 5) is 23.8. The van der Waals surface area contributed by atoms with Crippen LogP contribution in [-0.2, 0) is 22.4 Å². The summed E-state index contributed by atoms with van der Waals surface area (Å²) in [7, 11) is 0. The third-order valence-electron chi connectivity index (χ3n) is 5.79. The number of nitrogens with zero attached hydrogens (tertiary/aromatic N) is 2. The number of hydrogen-bond acceptors (Lipinski definition) is 5. The maximum atomic E-state index is 12.7. The number of fused-ring (bicyclic) bond motifs is 1. The molecule has 1 atom stereocenters. The van der Waals surface area contributed by atoms with E-state index in [2.05, 4.69) is 10.4 Å². The number of morpholine rings is 1. The summed E-state index contributed by atoms with van der Waals surface area (Å²) in [6, 6.07) is 13.3. The normalized spacial score (nSPS) is 18.6. The van der Waals surface area contributed by atoms with Crippen LogP contribution in [0.3, 0.4) is 0 Å². The topological polar surface area (TPSA) is 91.2 Å². The van der Waals surface area contributed by atoms with E-state index >= 15 is 0 Å². The van der Waals surface area contributed by atoms with Crippen LogP contribution >= 0.6 is 0 Å². The van der Waals surface area contributed by atoms with Gasteiger partial charge >= 0.3 is 5.97 Å². The lowest BCUT2D eigenvalue weighted by Crippen LogP contribution is -2.32. The molecule has 31 heavy (non-hydrogen) atoms. The molecule has 1 saturated heterocycles. The first kappa shape index (κ1) is 21.1. The van der Waals surface area contributed by atoms with Crippen molar-refractivity contribution in [2.75, 3.05) is 31.6 Å². The minimum Gasteiger partial charge on any atom is -0.481 e. The van der Waals surface area contributed by atoms with Crippen LogP contribution < -0.4 is 5.32 Å². The van der Waals surface area contributed by atoms with Crippen LogP contribution in [0.15, 0.2) is 47.6 Å².